The highest BCUT2D eigenvalue weighted by Crippen LogP contribution is 2.33. The van der Waals surface area contributed by atoms with Gasteiger partial charge in [-0.3, -0.25) is 9.36 Å². The van der Waals surface area contributed by atoms with E-state index in [4.69, 9.17) is 9.47 Å². The van der Waals surface area contributed by atoms with Gasteiger partial charge in [0.05, 0.1) is 31.2 Å². The highest BCUT2D eigenvalue weighted by Gasteiger charge is 2.28. The quantitative estimate of drug-likeness (QED) is 0.525. The lowest BCUT2D eigenvalue weighted by Gasteiger charge is -2.13. The Morgan fingerprint density at radius 3 is 2.42 bits per heavy atom. The van der Waals surface area contributed by atoms with Gasteiger partial charge in [-0.15, -0.1) is 10.2 Å². The number of thioether (sulfide) groups is 1. The van der Waals surface area contributed by atoms with Crippen LogP contribution in [-0.4, -0.2) is 53.4 Å². The van der Waals surface area contributed by atoms with Crippen LogP contribution < -0.4 is 14.8 Å². The van der Waals surface area contributed by atoms with Crippen molar-refractivity contribution in [2.24, 2.45) is 0 Å². The molecule has 0 saturated heterocycles. The second-order valence-electron chi connectivity index (χ2n) is 6.22. The van der Waals surface area contributed by atoms with Crippen LogP contribution in [0.1, 0.15) is 0 Å². The number of carbonyl (C=O) groups excluding carboxylic acids is 1. The summed E-state index contributed by atoms with van der Waals surface area (Å²) in [6.45, 7) is -1.38. The maximum absolute atomic E-state index is 12.3. The van der Waals surface area contributed by atoms with Gasteiger partial charge in [0.15, 0.2) is 11.0 Å². The van der Waals surface area contributed by atoms with Gasteiger partial charge in [-0.25, -0.2) is 0 Å². The molecule has 164 valence electrons. The second kappa shape index (κ2) is 9.73. The number of ether oxygens (including phenoxy) is 2. The summed E-state index contributed by atoms with van der Waals surface area (Å²) in [4.78, 5) is 11.8. The monoisotopic (exact) mass is 452 g/mol. The van der Waals surface area contributed by atoms with Crippen molar-refractivity contribution in [3.8, 4) is 28.6 Å². The van der Waals surface area contributed by atoms with Crippen LogP contribution >= 0.6 is 11.8 Å². The molecule has 2 aromatic carbocycles. The number of para-hydroxylation sites is 1. The fourth-order valence-corrected chi connectivity index (χ4v) is 3.49. The zero-order valence-electron chi connectivity index (χ0n) is 16.6. The lowest BCUT2D eigenvalue weighted by Crippen LogP contribution is -2.34. The summed E-state index contributed by atoms with van der Waals surface area (Å²) >= 11 is 0.977. The standard InChI is InChI=1S/C20H19F3N4O3S/c1-29-14-9-7-13(8-10-14)27-18(15-5-3-4-6-16(15)30-2)25-26-19(27)31-11-17(28)24-12-20(21,22)23/h3-10H,11-12H2,1-2H3,(H,24,28). The van der Waals surface area contributed by atoms with Crippen LogP contribution in [0, 0.1) is 0 Å². The molecule has 7 nitrogen and oxygen atoms in total. The molecule has 1 N–H and O–H groups in total. The number of alkyl halides is 3. The van der Waals surface area contributed by atoms with Gasteiger partial charge in [-0.05, 0) is 36.4 Å². The molecular weight excluding hydrogens is 433 g/mol. The predicted octanol–water partition coefficient (Wildman–Crippen LogP) is 3.72. The van der Waals surface area contributed by atoms with Gasteiger partial charge >= 0.3 is 6.18 Å². The Balaban J connectivity index is 1.94. The van der Waals surface area contributed by atoms with E-state index < -0.39 is 18.6 Å². The fourth-order valence-electron chi connectivity index (χ4n) is 2.71. The first-order valence-corrected chi connectivity index (χ1v) is 10.0. The van der Waals surface area contributed by atoms with E-state index in [1.165, 1.54) is 7.11 Å². The Labute approximate surface area is 180 Å². The van der Waals surface area contributed by atoms with Crippen molar-refractivity contribution in [1.29, 1.82) is 0 Å². The summed E-state index contributed by atoms with van der Waals surface area (Å²) < 4.78 is 49.3. The minimum Gasteiger partial charge on any atom is -0.497 e. The van der Waals surface area contributed by atoms with Gasteiger partial charge in [0, 0.05) is 0 Å². The van der Waals surface area contributed by atoms with Gasteiger partial charge < -0.3 is 14.8 Å². The molecule has 0 aliphatic heterocycles. The number of halogens is 3. The third kappa shape index (κ3) is 5.69. The second-order valence-corrected chi connectivity index (χ2v) is 7.16. The molecular formula is C20H19F3N4O3S. The molecule has 0 atom stereocenters. The normalized spacial score (nSPS) is 11.3. The summed E-state index contributed by atoms with van der Waals surface area (Å²) in [6, 6.07) is 14.3. The van der Waals surface area contributed by atoms with E-state index in [0.717, 1.165) is 11.8 Å². The molecule has 0 fully saturated rings. The number of nitrogens with zero attached hydrogens (tertiary/aromatic N) is 3. The molecule has 3 aromatic rings. The van der Waals surface area contributed by atoms with Crippen LogP contribution in [0.25, 0.3) is 17.1 Å². The Bertz CT molecular complexity index is 1040. The molecule has 0 radical (unpaired) electrons. The lowest BCUT2D eigenvalue weighted by atomic mass is 10.2. The average molecular weight is 452 g/mol. The van der Waals surface area contributed by atoms with Crippen molar-refractivity contribution in [3.63, 3.8) is 0 Å². The Morgan fingerprint density at radius 1 is 1.06 bits per heavy atom. The third-order valence-electron chi connectivity index (χ3n) is 4.13. The maximum atomic E-state index is 12.3. The minimum absolute atomic E-state index is 0.254. The number of amides is 1. The molecule has 1 aromatic heterocycles. The highest BCUT2D eigenvalue weighted by atomic mass is 32.2. The van der Waals surface area contributed by atoms with Crippen LogP contribution in [0.2, 0.25) is 0 Å². The predicted molar refractivity (Wildman–Crippen MR) is 110 cm³/mol. The molecule has 31 heavy (non-hydrogen) atoms. The van der Waals surface area contributed by atoms with Crippen LogP contribution in [0.4, 0.5) is 13.2 Å². The molecule has 11 heteroatoms. The molecule has 0 bridgehead atoms. The number of rotatable bonds is 8. The van der Waals surface area contributed by atoms with E-state index >= 15 is 0 Å². The first-order valence-electron chi connectivity index (χ1n) is 9.02. The van der Waals surface area contributed by atoms with E-state index in [0.29, 0.717) is 33.7 Å². The number of methoxy groups -OCH3 is 2. The summed E-state index contributed by atoms with van der Waals surface area (Å²) in [5.74, 6) is 0.669. The van der Waals surface area contributed by atoms with E-state index in [1.54, 1.807) is 42.0 Å². The number of aromatic nitrogens is 3. The van der Waals surface area contributed by atoms with Gasteiger partial charge in [0.1, 0.15) is 18.0 Å². The molecule has 0 aliphatic carbocycles. The number of carbonyl (C=O) groups is 1. The number of benzene rings is 2. The van der Waals surface area contributed by atoms with E-state index in [2.05, 4.69) is 10.2 Å². The van der Waals surface area contributed by atoms with Crippen LogP contribution in [-0.2, 0) is 4.79 Å². The molecule has 0 unspecified atom stereocenters. The van der Waals surface area contributed by atoms with E-state index in [-0.39, 0.29) is 5.75 Å². The molecule has 1 amide bonds. The zero-order chi connectivity index (χ0) is 22.4. The van der Waals surface area contributed by atoms with Crippen LogP contribution in [0.3, 0.4) is 0 Å². The van der Waals surface area contributed by atoms with Crippen molar-refractivity contribution < 1.29 is 27.4 Å². The van der Waals surface area contributed by atoms with Gasteiger partial charge in [0.2, 0.25) is 5.91 Å². The summed E-state index contributed by atoms with van der Waals surface area (Å²) in [7, 11) is 3.09. The Kier molecular flexibility index (Phi) is 7.06. The fraction of sp³-hybridized carbons (Fsp3) is 0.250. The zero-order valence-corrected chi connectivity index (χ0v) is 17.5. The maximum Gasteiger partial charge on any atom is 0.405 e. The third-order valence-corrected chi connectivity index (χ3v) is 5.06. The van der Waals surface area contributed by atoms with Gasteiger partial charge in [-0.1, -0.05) is 23.9 Å². The SMILES string of the molecule is COc1ccc(-n2c(SCC(=O)NCC(F)(F)F)nnc2-c2ccccc2OC)cc1. The first kappa shape index (κ1) is 22.5. The van der Waals surface area contributed by atoms with Crippen molar-refractivity contribution in [2.75, 3.05) is 26.5 Å². The minimum atomic E-state index is -4.47. The van der Waals surface area contributed by atoms with Crippen LogP contribution in [0.5, 0.6) is 11.5 Å². The van der Waals surface area contributed by atoms with Crippen molar-refractivity contribution in [2.45, 2.75) is 11.3 Å². The van der Waals surface area contributed by atoms with E-state index in [9.17, 15) is 18.0 Å². The topological polar surface area (TPSA) is 78.3 Å². The summed E-state index contributed by atoms with van der Waals surface area (Å²) in [6.07, 6.45) is -4.47. The molecule has 0 spiro atoms. The summed E-state index contributed by atoms with van der Waals surface area (Å²) in [5, 5.41) is 10.6. The average Bonchev–Trinajstić information content (AvgIpc) is 3.19. The summed E-state index contributed by atoms with van der Waals surface area (Å²) in [5.41, 5.74) is 1.35. The van der Waals surface area contributed by atoms with Gasteiger partial charge in [-0.2, -0.15) is 13.2 Å². The molecule has 0 saturated carbocycles. The smallest absolute Gasteiger partial charge is 0.405 e. The number of nitrogens with one attached hydrogen (secondary N) is 1. The lowest BCUT2D eigenvalue weighted by molar-refractivity contribution is -0.136. The van der Waals surface area contributed by atoms with E-state index in [1.807, 2.05) is 23.5 Å². The Hall–Kier alpha value is -3.21. The molecule has 3 rings (SSSR count). The van der Waals surface area contributed by atoms with Gasteiger partial charge in [0.25, 0.3) is 0 Å². The Morgan fingerprint density at radius 2 is 1.77 bits per heavy atom. The molecule has 0 aliphatic rings. The van der Waals surface area contributed by atoms with Crippen molar-refractivity contribution in [3.05, 3.63) is 48.5 Å². The van der Waals surface area contributed by atoms with Crippen molar-refractivity contribution in [1.82, 2.24) is 20.1 Å². The molecule has 1 heterocycles. The highest BCUT2D eigenvalue weighted by molar-refractivity contribution is 7.99. The number of hydrogen-bond donors (Lipinski definition) is 1. The largest absolute Gasteiger partial charge is 0.497 e. The van der Waals surface area contributed by atoms with Crippen molar-refractivity contribution >= 4 is 17.7 Å². The first-order chi connectivity index (χ1) is 14.8. The van der Waals surface area contributed by atoms with Crippen LogP contribution in [0.15, 0.2) is 53.7 Å². The number of hydrogen-bond acceptors (Lipinski definition) is 6.